The average molecular weight is 339 g/mol. The highest BCUT2D eigenvalue weighted by molar-refractivity contribution is 5.83. The first-order chi connectivity index (χ1) is 11.2. The number of halogens is 3. The summed E-state index contributed by atoms with van der Waals surface area (Å²) in [5.41, 5.74) is -1.61. The zero-order valence-corrected chi connectivity index (χ0v) is 12.8. The molecule has 128 valence electrons. The lowest BCUT2D eigenvalue weighted by Gasteiger charge is -2.28. The van der Waals surface area contributed by atoms with Crippen LogP contribution in [-0.4, -0.2) is 27.3 Å². The van der Waals surface area contributed by atoms with Gasteiger partial charge in [-0.15, -0.1) is 0 Å². The van der Waals surface area contributed by atoms with Gasteiger partial charge in [0.25, 0.3) is 0 Å². The molecule has 8 heteroatoms. The van der Waals surface area contributed by atoms with Crippen molar-refractivity contribution in [1.82, 2.24) is 15.5 Å². The number of carbonyl (C=O) groups is 1. The van der Waals surface area contributed by atoms with E-state index in [1.807, 2.05) is 0 Å². The third kappa shape index (κ3) is 2.28. The topological polar surface area (TPSA) is 78.0 Å². The van der Waals surface area contributed by atoms with Crippen LogP contribution in [0.2, 0.25) is 0 Å². The van der Waals surface area contributed by atoms with Crippen molar-refractivity contribution in [3.05, 3.63) is 29.5 Å². The fourth-order valence-electron chi connectivity index (χ4n) is 4.13. The van der Waals surface area contributed by atoms with Crippen LogP contribution >= 0.6 is 0 Å². The van der Waals surface area contributed by atoms with Crippen LogP contribution in [0.4, 0.5) is 13.2 Å². The standard InChI is InChI=1S/C16H16F3N3O2/c1-7(23)21-14-9-4-15(24,5-10(9)14)12-2-8(16(17,18)19)3-13-11(12)6-20-22-13/h2-3,6,9-10,14,24H,4-5H2,1H3,(H,20,22)(H,21,23)/t9-,10+,14+,15+. The molecule has 0 saturated heterocycles. The molecule has 0 spiro atoms. The molecule has 5 nitrogen and oxygen atoms in total. The number of hydrogen-bond acceptors (Lipinski definition) is 3. The molecular formula is C16H16F3N3O2. The minimum absolute atomic E-state index is 0.0217. The lowest BCUT2D eigenvalue weighted by molar-refractivity contribution is -0.137. The Balaban J connectivity index is 1.70. The van der Waals surface area contributed by atoms with Crippen LogP contribution in [0.5, 0.6) is 0 Å². The Hall–Kier alpha value is -2.09. The molecule has 3 N–H and O–H groups in total. The van der Waals surface area contributed by atoms with Gasteiger partial charge >= 0.3 is 6.18 Å². The SMILES string of the molecule is CC(=O)N[C@H]1[C@@H]2C[C@@](O)(c3cc(C(F)(F)F)cc4[nH]ncc34)C[C@@H]21. The van der Waals surface area contributed by atoms with Crippen LogP contribution < -0.4 is 5.32 Å². The molecular weight excluding hydrogens is 323 g/mol. The van der Waals surface area contributed by atoms with E-state index in [2.05, 4.69) is 15.5 Å². The van der Waals surface area contributed by atoms with E-state index in [0.29, 0.717) is 18.2 Å². The summed E-state index contributed by atoms with van der Waals surface area (Å²) in [6.45, 7) is 1.43. The predicted molar refractivity (Wildman–Crippen MR) is 78.8 cm³/mol. The summed E-state index contributed by atoms with van der Waals surface area (Å²) in [5, 5.41) is 20.7. The van der Waals surface area contributed by atoms with Crippen molar-refractivity contribution >= 4 is 16.8 Å². The summed E-state index contributed by atoms with van der Waals surface area (Å²) < 4.78 is 39.4. The van der Waals surface area contributed by atoms with Gasteiger partial charge in [-0.2, -0.15) is 18.3 Å². The van der Waals surface area contributed by atoms with E-state index in [1.54, 1.807) is 0 Å². The second-order valence-corrected chi connectivity index (χ2v) is 6.85. The molecule has 2 aromatic rings. The number of amides is 1. The zero-order chi connectivity index (χ0) is 17.3. The molecule has 2 saturated carbocycles. The number of fused-ring (bicyclic) bond motifs is 2. The summed E-state index contributed by atoms with van der Waals surface area (Å²) in [6, 6.07) is 2.05. The average Bonchev–Trinajstić information content (AvgIpc) is 2.89. The van der Waals surface area contributed by atoms with E-state index in [1.165, 1.54) is 13.1 Å². The normalized spacial score (nSPS) is 32.0. The van der Waals surface area contributed by atoms with Crippen LogP contribution in [-0.2, 0) is 16.6 Å². The van der Waals surface area contributed by atoms with Gasteiger partial charge in [0.2, 0.25) is 5.91 Å². The highest BCUT2D eigenvalue weighted by atomic mass is 19.4. The van der Waals surface area contributed by atoms with Crippen molar-refractivity contribution in [3.63, 3.8) is 0 Å². The van der Waals surface area contributed by atoms with Crippen molar-refractivity contribution in [1.29, 1.82) is 0 Å². The van der Waals surface area contributed by atoms with Crippen LogP contribution in [0.1, 0.15) is 30.9 Å². The molecule has 2 fully saturated rings. The fraction of sp³-hybridized carbons (Fsp3) is 0.500. The number of alkyl halides is 3. The number of aliphatic hydroxyl groups is 1. The molecule has 2 aliphatic carbocycles. The van der Waals surface area contributed by atoms with Crippen LogP contribution in [0, 0.1) is 11.8 Å². The first-order valence-electron chi connectivity index (χ1n) is 7.73. The number of nitrogens with zero attached hydrogens (tertiary/aromatic N) is 1. The van der Waals surface area contributed by atoms with Gasteiger partial charge in [-0.25, -0.2) is 0 Å². The Labute approximate surface area is 135 Å². The summed E-state index contributed by atoms with van der Waals surface area (Å²) in [5.74, 6) is 0.0834. The molecule has 2 aliphatic rings. The van der Waals surface area contributed by atoms with Gasteiger partial charge in [-0.1, -0.05) is 0 Å². The summed E-state index contributed by atoms with van der Waals surface area (Å²) in [4.78, 5) is 11.1. The maximum atomic E-state index is 13.1. The smallest absolute Gasteiger partial charge is 0.385 e. The number of nitrogens with one attached hydrogen (secondary N) is 2. The Kier molecular flexibility index (Phi) is 3.04. The van der Waals surface area contributed by atoms with Crippen molar-refractivity contribution in [3.8, 4) is 0 Å². The maximum Gasteiger partial charge on any atom is 0.416 e. The van der Waals surface area contributed by atoms with Crippen molar-refractivity contribution in [2.24, 2.45) is 11.8 Å². The number of hydrogen-bond donors (Lipinski definition) is 3. The molecule has 0 bridgehead atoms. The molecule has 0 unspecified atom stereocenters. The number of benzene rings is 1. The number of carbonyl (C=O) groups excluding carboxylic acids is 1. The first-order valence-corrected chi connectivity index (χ1v) is 7.73. The van der Waals surface area contributed by atoms with Crippen molar-refractivity contribution in [2.45, 2.75) is 37.6 Å². The second kappa shape index (κ2) is 4.72. The Morgan fingerprint density at radius 2 is 2.04 bits per heavy atom. The van der Waals surface area contributed by atoms with Gasteiger partial charge in [-0.3, -0.25) is 9.89 Å². The Morgan fingerprint density at radius 1 is 1.38 bits per heavy atom. The second-order valence-electron chi connectivity index (χ2n) is 6.85. The summed E-state index contributed by atoms with van der Waals surface area (Å²) >= 11 is 0. The number of rotatable bonds is 2. The third-order valence-corrected chi connectivity index (χ3v) is 5.24. The van der Waals surface area contributed by atoms with E-state index < -0.39 is 17.3 Å². The molecule has 0 radical (unpaired) electrons. The Bertz CT molecular complexity index is 818. The predicted octanol–water partition coefficient (Wildman–Crippen LogP) is 2.31. The zero-order valence-electron chi connectivity index (χ0n) is 12.8. The van der Waals surface area contributed by atoms with E-state index in [-0.39, 0.29) is 34.9 Å². The molecule has 0 aliphatic heterocycles. The van der Waals surface area contributed by atoms with Crippen LogP contribution in [0.15, 0.2) is 18.3 Å². The molecule has 1 aromatic heterocycles. The van der Waals surface area contributed by atoms with Gasteiger partial charge in [0.1, 0.15) is 0 Å². The lowest BCUT2D eigenvalue weighted by Crippen LogP contribution is -2.32. The first kappa shape index (κ1) is 15.4. The Morgan fingerprint density at radius 3 is 2.62 bits per heavy atom. The number of aromatic nitrogens is 2. The van der Waals surface area contributed by atoms with Crippen molar-refractivity contribution < 1.29 is 23.1 Å². The third-order valence-electron chi connectivity index (χ3n) is 5.24. The quantitative estimate of drug-likeness (QED) is 0.786. The van der Waals surface area contributed by atoms with E-state index in [0.717, 1.165) is 12.1 Å². The molecule has 1 amide bonds. The number of H-pyrrole nitrogens is 1. The summed E-state index contributed by atoms with van der Waals surface area (Å²) in [6.07, 6.45) is -2.38. The van der Waals surface area contributed by atoms with E-state index in [4.69, 9.17) is 0 Å². The van der Waals surface area contributed by atoms with Gasteiger partial charge in [0.15, 0.2) is 0 Å². The van der Waals surface area contributed by atoms with Crippen LogP contribution in [0.25, 0.3) is 10.9 Å². The van der Waals surface area contributed by atoms with Gasteiger partial charge in [0, 0.05) is 18.4 Å². The van der Waals surface area contributed by atoms with Gasteiger partial charge in [-0.05, 0) is 42.4 Å². The molecule has 4 atom stereocenters. The fourth-order valence-corrected chi connectivity index (χ4v) is 4.13. The lowest BCUT2D eigenvalue weighted by atomic mass is 9.85. The van der Waals surface area contributed by atoms with Gasteiger partial charge < -0.3 is 10.4 Å². The van der Waals surface area contributed by atoms with Crippen LogP contribution in [0.3, 0.4) is 0 Å². The maximum absolute atomic E-state index is 13.1. The largest absolute Gasteiger partial charge is 0.416 e. The highest BCUT2D eigenvalue weighted by Crippen LogP contribution is 2.60. The number of aromatic amines is 1. The minimum Gasteiger partial charge on any atom is -0.385 e. The molecule has 4 rings (SSSR count). The van der Waals surface area contributed by atoms with E-state index in [9.17, 15) is 23.1 Å². The minimum atomic E-state index is -4.50. The van der Waals surface area contributed by atoms with Crippen molar-refractivity contribution in [2.75, 3.05) is 0 Å². The summed E-state index contributed by atoms with van der Waals surface area (Å²) in [7, 11) is 0. The van der Waals surface area contributed by atoms with Gasteiger partial charge in [0.05, 0.1) is 22.9 Å². The molecule has 1 aromatic carbocycles. The monoisotopic (exact) mass is 339 g/mol. The highest BCUT2D eigenvalue weighted by Gasteiger charge is 2.62. The molecule has 1 heterocycles. The molecule has 24 heavy (non-hydrogen) atoms. The van der Waals surface area contributed by atoms with E-state index >= 15 is 0 Å².